The normalized spacial score (nSPS) is 12.1. The Morgan fingerprint density at radius 1 is 0.864 bits per heavy atom. The Labute approximate surface area is 137 Å². The first kappa shape index (κ1) is 21.1. The van der Waals surface area contributed by atoms with Gasteiger partial charge in [-0.05, 0) is 19.8 Å². The molecule has 0 aliphatic heterocycles. The lowest BCUT2D eigenvalue weighted by molar-refractivity contribution is -0.122. The van der Waals surface area contributed by atoms with Crippen LogP contribution in [0.25, 0.3) is 0 Å². The van der Waals surface area contributed by atoms with Gasteiger partial charge in [0.1, 0.15) is 5.78 Å². The van der Waals surface area contributed by atoms with Crippen molar-refractivity contribution in [3.05, 3.63) is 0 Å². The summed E-state index contributed by atoms with van der Waals surface area (Å²) in [4.78, 5) is 22.7. The van der Waals surface area contributed by atoms with Crippen molar-refractivity contribution in [2.75, 3.05) is 6.54 Å². The van der Waals surface area contributed by atoms with Gasteiger partial charge in [0.15, 0.2) is 0 Å². The van der Waals surface area contributed by atoms with Crippen molar-refractivity contribution in [2.45, 2.75) is 97.8 Å². The van der Waals surface area contributed by atoms with E-state index in [0.717, 1.165) is 13.0 Å². The van der Waals surface area contributed by atoms with Gasteiger partial charge in [-0.25, -0.2) is 0 Å². The molecule has 3 nitrogen and oxygen atoms in total. The van der Waals surface area contributed by atoms with Gasteiger partial charge in [-0.2, -0.15) is 0 Å². The van der Waals surface area contributed by atoms with Crippen molar-refractivity contribution < 1.29 is 9.59 Å². The molecule has 1 amide bonds. The van der Waals surface area contributed by atoms with Crippen LogP contribution in [0.2, 0.25) is 0 Å². The summed E-state index contributed by atoms with van der Waals surface area (Å²) >= 11 is 0. The standard InChI is InChI=1S/C19H37NO2/c1-4-5-6-7-8-9-10-11-12-13-16-20-19(22)15-14-17(2)18(3)21/h17H,4-16H2,1-3H3,(H,20,22). The molecule has 1 unspecified atom stereocenters. The minimum Gasteiger partial charge on any atom is -0.356 e. The molecule has 0 bridgehead atoms. The number of ketones is 1. The summed E-state index contributed by atoms with van der Waals surface area (Å²) in [7, 11) is 0. The zero-order chi connectivity index (χ0) is 16.6. The number of rotatable bonds is 15. The third-order valence-electron chi connectivity index (χ3n) is 4.35. The van der Waals surface area contributed by atoms with Crippen molar-refractivity contribution >= 4 is 11.7 Å². The van der Waals surface area contributed by atoms with Gasteiger partial charge in [0.05, 0.1) is 0 Å². The fraction of sp³-hybridized carbons (Fsp3) is 0.895. The largest absolute Gasteiger partial charge is 0.356 e. The average molecular weight is 312 g/mol. The van der Waals surface area contributed by atoms with Crippen LogP contribution in [0.4, 0.5) is 0 Å². The van der Waals surface area contributed by atoms with Crippen molar-refractivity contribution in [2.24, 2.45) is 5.92 Å². The summed E-state index contributed by atoms with van der Waals surface area (Å²) in [5, 5.41) is 2.95. The number of nitrogens with one attached hydrogen (secondary N) is 1. The molecular weight excluding hydrogens is 274 g/mol. The number of carbonyl (C=O) groups is 2. The molecule has 0 aliphatic carbocycles. The van der Waals surface area contributed by atoms with E-state index in [0.29, 0.717) is 12.8 Å². The lowest BCUT2D eigenvalue weighted by Gasteiger charge is -2.08. The van der Waals surface area contributed by atoms with Gasteiger partial charge in [0.2, 0.25) is 5.91 Å². The molecular formula is C19H37NO2. The van der Waals surface area contributed by atoms with E-state index < -0.39 is 0 Å². The predicted molar refractivity (Wildman–Crippen MR) is 93.9 cm³/mol. The van der Waals surface area contributed by atoms with Crippen LogP contribution >= 0.6 is 0 Å². The molecule has 0 aromatic rings. The van der Waals surface area contributed by atoms with Crippen molar-refractivity contribution in [3.63, 3.8) is 0 Å². The fourth-order valence-corrected chi connectivity index (χ4v) is 2.48. The molecule has 0 aromatic heterocycles. The van der Waals surface area contributed by atoms with Gasteiger partial charge >= 0.3 is 0 Å². The second-order valence-electron chi connectivity index (χ2n) is 6.58. The van der Waals surface area contributed by atoms with E-state index in [4.69, 9.17) is 0 Å². The number of amides is 1. The lowest BCUT2D eigenvalue weighted by Crippen LogP contribution is -2.25. The van der Waals surface area contributed by atoms with Crippen LogP contribution in [0.5, 0.6) is 0 Å². The van der Waals surface area contributed by atoms with Crippen molar-refractivity contribution in [1.29, 1.82) is 0 Å². The average Bonchev–Trinajstić information content (AvgIpc) is 2.50. The Hall–Kier alpha value is -0.860. The number of unbranched alkanes of at least 4 members (excludes halogenated alkanes) is 9. The number of hydrogen-bond donors (Lipinski definition) is 1. The maximum absolute atomic E-state index is 11.6. The molecule has 0 spiro atoms. The van der Waals surface area contributed by atoms with Gasteiger partial charge in [-0.3, -0.25) is 9.59 Å². The molecule has 1 atom stereocenters. The van der Waals surface area contributed by atoms with E-state index in [-0.39, 0.29) is 17.6 Å². The van der Waals surface area contributed by atoms with E-state index in [1.165, 1.54) is 57.8 Å². The smallest absolute Gasteiger partial charge is 0.220 e. The zero-order valence-electron chi connectivity index (χ0n) is 15.1. The molecule has 22 heavy (non-hydrogen) atoms. The Morgan fingerprint density at radius 2 is 1.36 bits per heavy atom. The summed E-state index contributed by atoms with van der Waals surface area (Å²) in [6.07, 6.45) is 14.3. The summed E-state index contributed by atoms with van der Waals surface area (Å²) in [5.74, 6) is 0.259. The quantitative estimate of drug-likeness (QED) is 0.431. The van der Waals surface area contributed by atoms with Gasteiger partial charge in [0.25, 0.3) is 0 Å². The second kappa shape index (κ2) is 15.1. The van der Waals surface area contributed by atoms with Crippen LogP contribution < -0.4 is 5.32 Å². The lowest BCUT2D eigenvalue weighted by atomic mass is 10.0. The molecule has 1 N–H and O–H groups in total. The highest BCUT2D eigenvalue weighted by molar-refractivity contribution is 5.80. The molecule has 3 heteroatoms. The third kappa shape index (κ3) is 14.1. The maximum Gasteiger partial charge on any atom is 0.220 e. The topological polar surface area (TPSA) is 46.2 Å². The summed E-state index contributed by atoms with van der Waals surface area (Å²) in [6.45, 7) is 6.51. The SMILES string of the molecule is CCCCCCCCCCCCNC(=O)CCC(C)C(C)=O. The minimum atomic E-state index is 0.00285. The molecule has 0 fully saturated rings. The molecule has 130 valence electrons. The minimum absolute atomic E-state index is 0.00285. The Morgan fingerprint density at radius 3 is 1.86 bits per heavy atom. The van der Waals surface area contributed by atoms with Crippen LogP contribution in [0.3, 0.4) is 0 Å². The van der Waals surface area contributed by atoms with Crippen LogP contribution in [0.1, 0.15) is 97.8 Å². The first-order valence-corrected chi connectivity index (χ1v) is 9.35. The number of Topliss-reactive ketones (excluding diaryl/α,β-unsaturated/α-hetero) is 1. The molecule has 0 radical (unpaired) electrons. The first-order chi connectivity index (χ1) is 10.6. The van der Waals surface area contributed by atoms with Crippen LogP contribution in [-0.2, 0) is 9.59 Å². The van der Waals surface area contributed by atoms with Crippen LogP contribution in [-0.4, -0.2) is 18.2 Å². The van der Waals surface area contributed by atoms with E-state index in [9.17, 15) is 9.59 Å². The fourth-order valence-electron chi connectivity index (χ4n) is 2.48. The van der Waals surface area contributed by atoms with E-state index in [1.54, 1.807) is 6.92 Å². The van der Waals surface area contributed by atoms with Gasteiger partial charge < -0.3 is 5.32 Å². The molecule has 0 saturated heterocycles. The van der Waals surface area contributed by atoms with Crippen LogP contribution in [0.15, 0.2) is 0 Å². The first-order valence-electron chi connectivity index (χ1n) is 9.35. The summed E-state index contributed by atoms with van der Waals surface area (Å²) in [5.41, 5.74) is 0. The number of carbonyl (C=O) groups excluding carboxylic acids is 2. The van der Waals surface area contributed by atoms with Crippen molar-refractivity contribution in [3.8, 4) is 0 Å². The predicted octanol–water partition coefficient (Wildman–Crippen LogP) is 5.03. The Balaban J connectivity index is 3.25. The van der Waals surface area contributed by atoms with E-state index >= 15 is 0 Å². The van der Waals surface area contributed by atoms with E-state index in [2.05, 4.69) is 12.2 Å². The Kier molecular flexibility index (Phi) is 14.5. The molecule has 0 aromatic carbocycles. The monoisotopic (exact) mass is 311 g/mol. The maximum atomic E-state index is 11.6. The van der Waals surface area contributed by atoms with E-state index in [1.807, 2.05) is 6.92 Å². The molecule has 0 saturated carbocycles. The van der Waals surface area contributed by atoms with Crippen LogP contribution in [0, 0.1) is 5.92 Å². The zero-order valence-corrected chi connectivity index (χ0v) is 15.1. The number of hydrogen-bond acceptors (Lipinski definition) is 2. The third-order valence-corrected chi connectivity index (χ3v) is 4.35. The highest BCUT2D eigenvalue weighted by Crippen LogP contribution is 2.10. The molecule has 0 aliphatic rings. The molecule has 0 heterocycles. The van der Waals surface area contributed by atoms with Crippen molar-refractivity contribution in [1.82, 2.24) is 5.32 Å². The second-order valence-corrected chi connectivity index (χ2v) is 6.58. The van der Waals surface area contributed by atoms with Gasteiger partial charge in [-0.15, -0.1) is 0 Å². The highest BCUT2D eigenvalue weighted by atomic mass is 16.1. The highest BCUT2D eigenvalue weighted by Gasteiger charge is 2.09. The summed E-state index contributed by atoms with van der Waals surface area (Å²) in [6, 6.07) is 0. The summed E-state index contributed by atoms with van der Waals surface area (Å²) < 4.78 is 0. The van der Waals surface area contributed by atoms with Gasteiger partial charge in [0, 0.05) is 18.9 Å². The van der Waals surface area contributed by atoms with Gasteiger partial charge in [-0.1, -0.05) is 71.6 Å². The Bertz CT molecular complexity index is 289. The molecule has 0 rings (SSSR count).